The van der Waals surface area contributed by atoms with Crippen LogP contribution >= 0.6 is 0 Å². The van der Waals surface area contributed by atoms with Crippen molar-refractivity contribution in [2.24, 2.45) is 0 Å². The first-order chi connectivity index (χ1) is 10.3. The van der Waals surface area contributed by atoms with Crippen molar-refractivity contribution >= 4 is 22.2 Å². The third-order valence-corrected chi connectivity index (χ3v) is 3.66. The Kier molecular flexibility index (Phi) is 3.69. The van der Waals surface area contributed by atoms with Crippen molar-refractivity contribution in [2.75, 3.05) is 12.4 Å². The van der Waals surface area contributed by atoms with E-state index in [1.807, 2.05) is 67.7 Å². The number of nitrogens with one attached hydrogen (secondary N) is 1. The first-order valence-electron chi connectivity index (χ1n) is 7.05. The molecule has 1 N–H and O–H groups in total. The van der Waals surface area contributed by atoms with E-state index in [-0.39, 0.29) is 5.78 Å². The Morgan fingerprint density at radius 2 is 1.52 bits per heavy atom. The molecule has 0 aliphatic rings. The van der Waals surface area contributed by atoms with E-state index in [4.69, 9.17) is 0 Å². The van der Waals surface area contributed by atoms with E-state index in [2.05, 4.69) is 11.4 Å². The number of anilines is 1. The van der Waals surface area contributed by atoms with Crippen LogP contribution < -0.4 is 5.32 Å². The highest BCUT2D eigenvalue weighted by Gasteiger charge is 2.12. The average Bonchev–Trinajstić information content (AvgIpc) is 2.54. The molecule has 0 radical (unpaired) electrons. The molecule has 0 unspecified atom stereocenters. The van der Waals surface area contributed by atoms with Crippen LogP contribution in [0.3, 0.4) is 0 Å². The van der Waals surface area contributed by atoms with Gasteiger partial charge in [0.05, 0.1) is 0 Å². The van der Waals surface area contributed by atoms with Gasteiger partial charge in [0.15, 0.2) is 5.78 Å². The molecule has 3 aromatic rings. The van der Waals surface area contributed by atoms with Crippen LogP contribution in [0, 0.1) is 0 Å². The maximum absolute atomic E-state index is 12.6. The number of rotatable bonds is 4. The molecule has 0 bridgehead atoms. The molecule has 0 aliphatic heterocycles. The lowest BCUT2D eigenvalue weighted by molar-refractivity contribution is 0.0994. The number of fused-ring (bicyclic) bond motifs is 1. The number of hydrogen-bond acceptors (Lipinski definition) is 2. The van der Waals surface area contributed by atoms with Crippen LogP contribution in [0.5, 0.6) is 0 Å². The number of Topliss-reactive ketones (excluding diaryl/α,β-unsaturated/α-hetero) is 1. The summed E-state index contributed by atoms with van der Waals surface area (Å²) in [6.07, 6.45) is 0.424. The zero-order chi connectivity index (χ0) is 14.7. The number of carbonyl (C=O) groups is 1. The minimum atomic E-state index is 0.135. The Morgan fingerprint density at radius 3 is 2.19 bits per heavy atom. The molecule has 0 spiro atoms. The van der Waals surface area contributed by atoms with E-state index in [1.165, 1.54) is 0 Å². The van der Waals surface area contributed by atoms with E-state index in [0.717, 1.165) is 27.6 Å². The van der Waals surface area contributed by atoms with E-state index < -0.39 is 0 Å². The summed E-state index contributed by atoms with van der Waals surface area (Å²) in [4.78, 5) is 12.6. The van der Waals surface area contributed by atoms with E-state index in [9.17, 15) is 4.79 Å². The predicted octanol–water partition coefficient (Wildman–Crippen LogP) is 4.31. The zero-order valence-electron chi connectivity index (χ0n) is 12.0. The molecule has 3 rings (SSSR count). The van der Waals surface area contributed by atoms with Crippen molar-refractivity contribution in [3.63, 3.8) is 0 Å². The van der Waals surface area contributed by atoms with Crippen molar-refractivity contribution in [1.29, 1.82) is 0 Å². The third-order valence-electron chi connectivity index (χ3n) is 3.66. The Morgan fingerprint density at radius 1 is 0.905 bits per heavy atom. The Hall–Kier alpha value is -2.61. The maximum Gasteiger partial charge on any atom is 0.169 e. The highest BCUT2D eigenvalue weighted by atomic mass is 16.1. The molecular weight excluding hydrogens is 258 g/mol. The van der Waals surface area contributed by atoms with Gasteiger partial charge in [-0.2, -0.15) is 0 Å². The van der Waals surface area contributed by atoms with Crippen molar-refractivity contribution in [3.05, 3.63) is 77.9 Å². The van der Waals surface area contributed by atoms with Crippen LogP contribution in [0.2, 0.25) is 0 Å². The van der Waals surface area contributed by atoms with Gasteiger partial charge in [0.2, 0.25) is 0 Å². The number of benzene rings is 3. The summed E-state index contributed by atoms with van der Waals surface area (Å²) >= 11 is 0. The molecule has 0 aromatic heterocycles. The minimum absolute atomic E-state index is 0.135. The monoisotopic (exact) mass is 275 g/mol. The largest absolute Gasteiger partial charge is 0.388 e. The van der Waals surface area contributed by atoms with Gasteiger partial charge in [-0.3, -0.25) is 4.79 Å². The highest BCUT2D eigenvalue weighted by Crippen LogP contribution is 2.25. The fourth-order valence-corrected chi connectivity index (χ4v) is 2.55. The van der Waals surface area contributed by atoms with Gasteiger partial charge in [-0.15, -0.1) is 0 Å². The highest BCUT2D eigenvalue weighted by molar-refractivity contribution is 6.06. The van der Waals surface area contributed by atoms with Gasteiger partial charge < -0.3 is 5.32 Å². The van der Waals surface area contributed by atoms with Gasteiger partial charge in [0, 0.05) is 24.7 Å². The first kappa shape index (κ1) is 13.4. The molecule has 0 saturated heterocycles. The molecule has 0 aliphatic carbocycles. The average molecular weight is 275 g/mol. The smallest absolute Gasteiger partial charge is 0.169 e. The van der Waals surface area contributed by atoms with Crippen LogP contribution in [0.15, 0.2) is 66.7 Å². The van der Waals surface area contributed by atoms with Crippen molar-refractivity contribution in [2.45, 2.75) is 6.42 Å². The van der Waals surface area contributed by atoms with Gasteiger partial charge in [-0.25, -0.2) is 0 Å². The summed E-state index contributed by atoms with van der Waals surface area (Å²) in [7, 11) is 1.85. The normalized spacial score (nSPS) is 10.5. The summed E-state index contributed by atoms with van der Waals surface area (Å²) in [5.41, 5.74) is 2.67. The molecule has 2 heteroatoms. The van der Waals surface area contributed by atoms with E-state index >= 15 is 0 Å². The van der Waals surface area contributed by atoms with Crippen molar-refractivity contribution in [1.82, 2.24) is 0 Å². The standard InChI is InChI=1S/C19H17NO/c1-20-18-13-16-10-6-5-9-15(16)12-17(18)19(21)11-14-7-3-2-4-8-14/h2-10,12-13,20H,11H2,1H3. The topological polar surface area (TPSA) is 29.1 Å². The lowest BCUT2D eigenvalue weighted by Crippen LogP contribution is -2.07. The lowest BCUT2D eigenvalue weighted by Gasteiger charge is -2.10. The van der Waals surface area contributed by atoms with Gasteiger partial charge in [0.25, 0.3) is 0 Å². The van der Waals surface area contributed by atoms with Gasteiger partial charge >= 0.3 is 0 Å². The second-order valence-corrected chi connectivity index (χ2v) is 5.08. The molecule has 0 atom stereocenters. The summed E-state index contributed by atoms with van der Waals surface area (Å²) in [5, 5.41) is 5.36. The lowest BCUT2D eigenvalue weighted by atomic mass is 9.98. The Labute approximate surface area is 124 Å². The molecule has 104 valence electrons. The van der Waals surface area contributed by atoms with Crippen LogP contribution in [-0.2, 0) is 6.42 Å². The van der Waals surface area contributed by atoms with Crippen LogP contribution in [0.4, 0.5) is 5.69 Å². The molecule has 2 nitrogen and oxygen atoms in total. The molecule has 0 heterocycles. The Balaban J connectivity index is 2.00. The summed E-state index contributed by atoms with van der Waals surface area (Å²) in [5.74, 6) is 0.135. The fraction of sp³-hybridized carbons (Fsp3) is 0.105. The van der Waals surface area contributed by atoms with Crippen molar-refractivity contribution < 1.29 is 4.79 Å². The minimum Gasteiger partial charge on any atom is -0.388 e. The maximum atomic E-state index is 12.6. The van der Waals surface area contributed by atoms with Crippen LogP contribution in [0.25, 0.3) is 10.8 Å². The number of carbonyl (C=O) groups excluding carboxylic acids is 1. The predicted molar refractivity (Wildman–Crippen MR) is 88.0 cm³/mol. The van der Waals surface area contributed by atoms with Crippen molar-refractivity contribution in [3.8, 4) is 0 Å². The van der Waals surface area contributed by atoms with Gasteiger partial charge in [0.1, 0.15) is 0 Å². The third kappa shape index (κ3) is 2.79. The molecular formula is C19H17NO. The van der Waals surface area contributed by atoms with Crippen LogP contribution in [-0.4, -0.2) is 12.8 Å². The summed E-state index contributed by atoms with van der Waals surface area (Å²) < 4.78 is 0. The van der Waals surface area contributed by atoms with E-state index in [1.54, 1.807) is 0 Å². The fourth-order valence-electron chi connectivity index (χ4n) is 2.55. The Bertz CT molecular complexity index is 778. The SMILES string of the molecule is CNc1cc2ccccc2cc1C(=O)Cc1ccccc1. The quantitative estimate of drug-likeness (QED) is 0.719. The second-order valence-electron chi connectivity index (χ2n) is 5.08. The number of hydrogen-bond donors (Lipinski definition) is 1. The number of ketones is 1. The molecule has 0 saturated carbocycles. The zero-order valence-corrected chi connectivity index (χ0v) is 12.0. The first-order valence-corrected chi connectivity index (χ1v) is 7.05. The molecule has 21 heavy (non-hydrogen) atoms. The second kappa shape index (κ2) is 5.80. The molecule has 0 amide bonds. The molecule has 0 fully saturated rings. The van der Waals surface area contributed by atoms with Gasteiger partial charge in [-0.1, -0.05) is 54.6 Å². The van der Waals surface area contributed by atoms with Gasteiger partial charge in [-0.05, 0) is 28.5 Å². The summed E-state index contributed by atoms with van der Waals surface area (Å²) in [6.45, 7) is 0. The molecule has 3 aromatic carbocycles. The van der Waals surface area contributed by atoms with E-state index in [0.29, 0.717) is 6.42 Å². The van der Waals surface area contributed by atoms with Crippen LogP contribution in [0.1, 0.15) is 15.9 Å². The summed E-state index contributed by atoms with van der Waals surface area (Å²) in [6, 6.07) is 22.0.